The van der Waals surface area contributed by atoms with Crippen LogP contribution in [0.4, 0.5) is 4.39 Å². The van der Waals surface area contributed by atoms with E-state index in [1.54, 1.807) is 6.07 Å². The Balaban J connectivity index is 2.17. The van der Waals surface area contributed by atoms with Crippen molar-refractivity contribution in [2.75, 3.05) is 0 Å². The fourth-order valence-corrected chi connectivity index (χ4v) is 2.84. The molecule has 2 rings (SSSR count). The van der Waals surface area contributed by atoms with Crippen molar-refractivity contribution >= 4 is 11.8 Å². The van der Waals surface area contributed by atoms with Crippen molar-refractivity contribution in [1.29, 1.82) is 0 Å². The van der Waals surface area contributed by atoms with Gasteiger partial charge in [-0.15, -0.1) is 0 Å². The molecular formula is C18H25FN2O2. The highest BCUT2D eigenvalue weighted by molar-refractivity contribution is 5.96. The minimum Gasteiger partial charge on any atom is -0.273 e. The van der Waals surface area contributed by atoms with E-state index >= 15 is 0 Å². The summed E-state index contributed by atoms with van der Waals surface area (Å²) < 4.78 is 13.4. The van der Waals surface area contributed by atoms with Gasteiger partial charge in [0, 0.05) is 11.5 Å². The number of hydrogen-bond donors (Lipinski definition) is 1. The van der Waals surface area contributed by atoms with Crippen molar-refractivity contribution in [2.45, 2.75) is 58.4 Å². The van der Waals surface area contributed by atoms with Gasteiger partial charge in [-0.1, -0.05) is 25.3 Å². The topological polar surface area (TPSA) is 49.4 Å². The molecule has 0 aromatic heterocycles. The predicted octanol–water partition coefficient (Wildman–Crippen LogP) is 3.68. The molecule has 2 amide bonds. The third kappa shape index (κ3) is 4.53. The molecule has 0 radical (unpaired) electrons. The Morgan fingerprint density at radius 1 is 1.17 bits per heavy atom. The standard InChI is InChI=1S/C18H25FN2O2/c1-18(2,3)21(17(23)14-10-7-11-15(19)12-14)20-16(22)13-8-5-4-6-9-13/h7,10-13H,4-6,8-9H2,1-3H3,(H,20,22). The molecule has 1 saturated carbocycles. The number of carbonyl (C=O) groups excluding carboxylic acids is 2. The van der Waals surface area contributed by atoms with Crippen LogP contribution in [0.3, 0.4) is 0 Å². The second-order valence-corrected chi connectivity index (χ2v) is 7.13. The Labute approximate surface area is 137 Å². The molecular weight excluding hydrogens is 295 g/mol. The Bertz CT molecular complexity index is 575. The van der Waals surface area contributed by atoms with Crippen LogP contribution in [0.25, 0.3) is 0 Å². The summed E-state index contributed by atoms with van der Waals surface area (Å²) in [5.74, 6) is -1.04. The minimum atomic E-state index is -0.603. The lowest BCUT2D eigenvalue weighted by Gasteiger charge is -2.37. The van der Waals surface area contributed by atoms with Gasteiger partial charge in [0.25, 0.3) is 5.91 Å². The first-order valence-electron chi connectivity index (χ1n) is 8.19. The number of halogens is 1. The van der Waals surface area contributed by atoms with Gasteiger partial charge in [0.15, 0.2) is 0 Å². The van der Waals surface area contributed by atoms with Crippen molar-refractivity contribution in [2.24, 2.45) is 5.92 Å². The molecule has 1 aliphatic carbocycles. The van der Waals surface area contributed by atoms with E-state index in [1.165, 1.54) is 23.2 Å². The number of carbonyl (C=O) groups is 2. The number of amides is 2. The fourth-order valence-electron chi connectivity index (χ4n) is 2.84. The molecule has 1 N–H and O–H groups in total. The van der Waals surface area contributed by atoms with E-state index in [2.05, 4.69) is 5.43 Å². The Morgan fingerprint density at radius 3 is 2.39 bits per heavy atom. The molecule has 0 saturated heterocycles. The number of nitrogens with zero attached hydrogens (tertiary/aromatic N) is 1. The smallest absolute Gasteiger partial charge is 0.272 e. The van der Waals surface area contributed by atoms with Crippen LogP contribution < -0.4 is 5.43 Å². The summed E-state index contributed by atoms with van der Waals surface area (Å²) in [6.07, 6.45) is 4.97. The van der Waals surface area contributed by atoms with E-state index in [0.717, 1.165) is 32.1 Å². The largest absolute Gasteiger partial charge is 0.273 e. The van der Waals surface area contributed by atoms with Crippen molar-refractivity contribution in [1.82, 2.24) is 10.4 Å². The summed E-state index contributed by atoms with van der Waals surface area (Å²) in [7, 11) is 0. The third-order valence-corrected chi connectivity index (χ3v) is 4.14. The Kier molecular flexibility index (Phi) is 5.39. The Morgan fingerprint density at radius 2 is 1.83 bits per heavy atom. The maximum Gasteiger partial charge on any atom is 0.272 e. The van der Waals surface area contributed by atoms with Gasteiger partial charge in [0.1, 0.15) is 5.82 Å². The maximum atomic E-state index is 13.4. The summed E-state index contributed by atoms with van der Waals surface area (Å²) in [6.45, 7) is 5.52. The SMILES string of the molecule is CC(C)(C)N(NC(=O)C1CCCCC1)C(=O)c1cccc(F)c1. The molecule has 4 nitrogen and oxygen atoms in total. The van der Waals surface area contributed by atoms with Crippen LogP contribution in [0.5, 0.6) is 0 Å². The van der Waals surface area contributed by atoms with E-state index in [-0.39, 0.29) is 17.4 Å². The van der Waals surface area contributed by atoms with Crippen LogP contribution in [0, 0.1) is 11.7 Å². The van der Waals surface area contributed by atoms with Gasteiger partial charge < -0.3 is 0 Å². The molecule has 1 aliphatic rings. The zero-order valence-corrected chi connectivity index (χ0v) is 14.1. The van der Waals surface area contributed by atoms with Crippen LogP contribution in [-0.2, 0) is 4.79 Å². The van der Waals surface area contributed by atoms with Gasteiger partial charge >= 0.3 is 0 Å². The van der Waals surface area contributed by atoms with E-state index in [1.807, 2.05) is 20.8 Å². The Hall–Kier alpha value is -1.91. The second kappa shape index (κ2) is 7.11. The van der Waals surface area contributed by atoms with Crippen molar-refractivity contribution < 1.29 is 14.0 Å². The second-order valence-electron chi connectivity index (χ2n) is 7.13. The van der Waals surface area contributed by atoms with E-state index < -0.39 is 17.3 Å². The normalized spacial score (nSPS) is 16.0. The minimum absolute atomic E-state index is 0.0473. The molecule has 1 fully saturated rings. The van der Waals surface area contributed by atoms with E-state index in [9.17, 15) is 14.0 Å². The first-order chi connectivity index (χ1) is 10.8. The predicted molar refractivity (Wildman–Crippen MR) is 87.0 cm³/mol. The fraction of sp³-hybridized carbons (Fsp3) is 0.556. The van der Waals surface area contributed by atoms with Crippen LogP contribution in [0.15, 0.2) is 24.3 Å². The van der Waals surface area contributed by atoms with E-state index in [0.29, 0.717) is 0 Å². The first kappa shape index (κ1) is 17.4. The molecule has 0 heterocycles. The van der Waals surface area contributed by atoms with Gasteiger partial charge in [-0.2, -0.15) is 0 Å². The van der Waals surface area contributed by atoms with Gasteiger partial charge in [0.05, 0.1) is 5.54 Å². The highest BCUT2D eigenvalue weighted by atomic mass is 19.1. The lowest BCUT2D eigenvalue weighted by Crippen LogP contribution is -2.57. The summed E-state index contributed by atoms with van der Waals surface area (Å²) in [4.78, 5) is 25.2. The first-order valence-corrected chi connectivity index (χ1v) is 8.19. The van der Waals surface area contributed by atoms with Crippen molar-refractivity contribution in [3.8, 4) is 0 Å². The van der Waals surface area contributed by atoms with Crippen LogP contribution >= 0.6 is 0 Å². The number of hydrogen-bond acceptors (Lipinski definition) is 2. The number of rotatable bonds is 2. The lowest BCUT2D eigenvalue weighted by atomic mass is 9.89. The monoisotopic (exact) mass is 320 g/mol. The lowest BCUT2D eigenvalue weighted by molar-refractivity contribution is -0.131. The van der Waals surface area contributed by atoms with E-state index in [4.69, 9.17) is 0 Å². The quantitative estimate of drug-likeness (QED) is 0.845. The summed E-state index contributed by atoms with van der Waals surface area (Å²) in [6, 6.07) is 5.52. The average Bonchev–Trinajstić information content (AvgIpc) is 2.51. The number of benzene rings is 1. The zero-order valence-electron chi connectivity index (χ0n) is 14.1. The van der Waals surface area contributed by atoms with Crippen LogP contribution in [0.2, 0.25) is 0 Å². The molecule has 0 bridgehead atoms. The molecule has 126 valence electrons. The summed E-state index contributed by atoms with van der Waals surface area (Å²) in [5, 5.41) is 1.32. The van der Waals surface area contributed by atoms with Crippen molar-refractivity contribution in [3.05, 3.63) is 35.6 Å². The molecule has 1 aromatic rings. The molecule has 0 atom stereocenters. The summed E-state index contributed by atoms with van der Waals surface area (Å²) in [5.41, 5.74) is 2.39. The molecule has 0 unspecified atom stereocenters. The van der Waals surface area contributed by atoms with Gasteiger partial charge in [-0.05, 0) is 51.8 Å². The van der Waals surface area contributed by atoms with Gasteiger partial charge in [-0.25, -0.2) is 9.40 Å². The molecule has 1 aromatic carbocycles. The molecule has 0 aliphatic heterocycles. The maximum absolute atomic E-state index is 13.4. The molecule has 0 spiro atoms. The van der Waals surface area contributed by atoms with Gasteiger partial charge in [-0.3, -0.25) is 15.0 Å². The number of hydrazine groups is 1. The molecule has 5 heteroatoms. The van der Waals surface area contributed by atoms with Crippen molar-refractivity contribution in [3.63, 3.8) is 0 Å². The highest BCUT2D eigenvalue weighted by Crippen LogP contribution is 2.24. The van der Waals surface area contributed by atoms with Crippen LogP contribution in [0.1, 0.15) is 63.2 Å². The average molecular weight is 320 g/mol. The highest BCUT2D eigenvalue weighted by Gasteiger charge is 2.31. The zero-order chi connectivity index (χ0) is 17.0. The van der Waals surface area contributed by atoms with Crippen LogP contribution in [-0.4, -0.2) is 22.4 Å². The van der Waals surface area contributed by atoms with Gasteiger partial charge in [0.2, 0.25) is 5.91 Å². The third-order valence-electron chi connectivity index (χ3n) is 4.14. The number of nitrogens with one attached hydrogen (secondary N) is 1. The summed E-state index contributed by atoms with van der Waals surface area (Å²) >= 11 is 0. The molecule has 23 heavy (non-hydrogen) atoms.